The highest BCUT2D eigenvalue weighted by molar-refractivity contribution is 6.06. The molecule has 5 rings (SSSR count). The molecule has 0 aliphatic heterocycles. The number of unbranched alkanes of at least 4 members (excludes halogenated alkanes) is 1. The van der Waals surface area contributed by atoms with E-state index in [0.717, 1.165) is 56.1 Å². The van der Waals surface area contributed by atoms with Gasteiger partial charge in [0.05, 0.1) is 6.61 Å². The molecule has 0 bridgehead atoms. The molecule has 8 nitrogen and oxygen atoms in total. The largest absolute Gasteiger partial charge is 0.504 e. The minimum Gasteiger partial charge on any atom is -0.504 e. The molecule has 0 spiro atoms. The summed E-state index contributed by atoms with van der Waals surface area (Å²) in [5, 5.41) is 23.1. The maximum Gasteiger partial charge on any atom is 0.294 e. The second-order valence-corrected chi connectivity index (χ2v) is 14.6. The lowest BCUT2D eigenvalue weighted by Crippen LogP contribution is -2.62. The summed E-state index contributed by atoms with van der Waals surface area (Å²) in [6.07, 6.45) is 14.1. The van der Waals surface area contributed by atoms with E-state index in [4.69, 9.17) is 0 Å². The monoisotopic (exact) mass is 566 g/mol. The van der Waals surface area contributed by atoms with Crippen LogP contribution in [0.3, 0.4) is 0 Å². The minimum absolute atomic E-state index is 0.00915. The normalized spacial score (nSPS) is 39.7. The Labute approximate surface area is 243 Å². The SMILES string of the molecule is CC1=C(O)C(=O)C=C2C1=CC=C1[C@@]2(C)CC[C@@]2(C)[C@@H]3C[C@](C)(C(=O)NCCCCO[N+](=O)[O-])CC[C@]3(C)CC[C@]12C. The number of allylic oxidation sites excluding steroid dienone is 7. The summed E-state index contributed by atoms with van der Waals surface area (Å²) in [5.41, 5.74) is 3.43. The van der Waals surface area contributed by atoms with Crippen molar-refractivity contribution in [1.29, 1.82) is 0 Å². The predicted molar refractivity (Wildman–Crippen MR) is 156 cm³/mol. The van der Waals surface area contributed by atoms with Gasteiger partial charge in [0.2, 0.25) is 11.7 Å². The number of hydrogen-bond donors (Lipinski definition) is 2. The summed E-state index contributed by atoms with van der Waals surface area (Å²) in [6.45, 7) is 14.1. The van der Waals surface area contributed by atoms with Crippen molar-refractivity contribution >= 4 is 11.7 Å². The first-order valence-corrected chi connectivity index (χ1v) is 15.3. The van der Waals surface area contributed by atoms with Crippen LogP contribution < -0.4 is 5.32 Å². The molecular formula is C33H46N2O6. The number of hydrogen-bond acceptors (Lipinski definition) is 6. The van der Waals surface area contributed by atoms with E-state index < -0.39 is 10.5 Å². The lowest BCUT2D eigenvalue weighted by atomic mass is 9.34. The molecule has 0 heterocycles. The zero-order chi connectivity index (χ0) is 30.0. The fourth-order valence-electron chi connectivity index (χ4n) is 9.44. The highest BCUT2D eigenvalue weighted by Crippen LogP contribution is 2.75. The van der Waals surface area contributed by atoms with Crippen molar-refractivity contribution in [2.75, 3.05) is 13.2 Å². The topological polar surface area (TPSA) is 119 Å². The van der Waals surface area contributed by atoms with Crippen LogP contribution >= 0.6 is 0 Å². The van der Waals surface area contributed by atoms with E-state index in [2.05, 4.69) is 56.9 Å². The molecule has 41 heavy (non-hydrogen) atoms. The maximum atomic E-state index is 13.6. The van der Waals surface area contributed by atoms with Crippen LogP contribution in [-0.4, -0.2) is 35.0 Å². The molecule has 3 saturated carbocycles. The highest BCUT2D eigenvalue weighted by atomic mass is 16.9. The van der Waals surface area contributed by atoms with Crippen molar-refractivity contribution in [3.63, 3.8) is 0 Å². The van der Waals surface area contributed by atoms with E-state index in [-0.39, 0.29) is 45.7 Å². The number of nitrogens with zero attached hydrogens (tertiary/aromatic N) is 1. The van der Waals surface area contributed by atoms with Crippen molar-refractivity contribution in [3.8, 4) is 0 Å². The molecule has 5 aliphatic carbocycles. The summed E-state index contributed by atoms with van der Waals surface area (Å²) in [7, 11) is 0. The van der Waals surface area contributed by atoms with Gasteiger partial charge in [-0.25, -0.2) is 0 Å². The standard InChI is InChI=1S/C33H46N2O6/c1-21-22-9-10-25-31(4,23(22)19-24(36)27(21)37)14-16-33(6)26-20-30(3,12-11-29(26,2)13-15-32(25,33)5)28(38)34-17-7-8-18-41-35(39)40/h9-10,19,26,37H,7-8,11-18,20H2,1-6H3,(H,34,38)/t26-,29-,30-,31+,32-,33+/m1/s1. The molecule has 6 atom stereocenters. The molecule has 0 aromatic carbocycles. The fourth-order valence-corrected chi connectivity index (χ4v) is 9.44. The summed E-state index contributed by atoms with van der Waals surface area (Å²) in [6, 6.07) is 0. The Kier molecular flexibility index (Phi) is 7.10. The van der Waals surface area contributed by atoms with Crippen LogP contribution in [0.5, 0.6) is 0 Å². The third-order valence-corrected chi connectivity index (χ3v) is 12.5. The van der Waals surface area contributed by atoms with E-state index in [1.807, 2.05) is 6.92 Å². The summed E-state index contributed by atoms with van der Waals surface area (Å²) >= 11 is 0. The second-order valence-electron chi connectivity index (χ2n) is 14.6. The predicted octanol–water partition coefficient (Wildman–Crippen LogP) is 6.72. The van der Waals surface area contributed by atoms with Crippen LogP contribution in [0.25, 0.3) is 0 Å². The van der Waals surface area contributed by atoms with Gasteiger partial charge in [0.25, 0.3) is 5.09 Å². The van der Waals surface area contributed by atoms with Gasteiger partial charge in [-0.3, -0.25) is 9.59 Å². The average molecular weight is 567 g/mol. The van der Waals surface area contributed by atoms with Crippen LogP contribution in [0.1, 0.15) is 99.3 Å². The Bertz CT molecular complexity index is 1310. The second kappa shape index (κ2) is 9.84. The molecule has 0 aromatic heterocycles. The van der Waals surface area contributed by atoms with Gasteiger partial charge < -0.3 is 15.3 Å². The zero-order valence-electron chi connectivity index (χ0n) is 25.5. The fraction of sp³-hybridized carbons (Fsp3) is 0.697. The number of rotatable bonds is 7. The lowest BCUT2D eigenvalue weighted by Gasteiger charge is -2.70. The Morgan fingerprint density at radius 1 is 1.07 bits per heavy atom. The quantitative estimate of drug-likeness (QED) is 0.201. The highest BCUT2D eigenvalue weighted by Gasteiger charge is 2.67. The minimum atomic E-state index is -0.780. The van der Waals surface area contributed by atoms with Crippen molar-refractivity contribution in [2.45, 2.75) is 99.3 Å². The van der Waals surface area contributed by atoms with Crippen LogP contribution in [0, 0.1) is 43.1 Å². The van der Waals surface area contributed by atoms with E-state index in [0.29, 0.717) is 30.9 Å². The number of nitrogens with one attached hydrogen (secondary N) is 1. The van der Waals surface area contributed by atoms with Gasteiger partial charge >= 0.3 is 0 Å². The van der Waals surface area contributed by atoms with Crippen LogP contribution in [-0.2, 0) is 14.4 Å². The van der Waals surface area contributed by atoms with Gasteiger partial charge in [0.15, 0.2) is 5.76 Å². The first kappa shape index (κ1) is 29.6. The smallest absolute Gasteiger partial charge is 0.294 e. The van der Waals surface area contributed by atoms with Crippen LogP contribution in [0.2, 0.25) is 0 Å². The summed E-state index contributed by atoms with van der Waals surface area (Å²) < 4.78 is 0. The molecule has 3 fully saturated rings. The molecule has 0 saturated heterocycles. The average Bonchev–Trinajstić information content (AvgIpc) is 2.92. The summed E-state index contributed by atoms with van der Waals surface area (Å²) in [5.74, 6) is 0.00971. The zero-order valence-corrected chi connectivity index (χ0v) is 25.5. The Balaban J connectivity index is 1.41. The number of carbonyl (C=O) groups is 2. The number of aliphatic hydroxyl groups excluding tert-OH is 1. The van der Waals surface area contributed by atoms with Crippen molar-refractivity contribution < 1.29 is 24.6 Å². The molecular weight excluding hydrogens is 520 g/mol. The van der Waals surface area contributed by atoms with Gasteiger partial charge in [-0.15, -0.1) is 10.1 Å². The number of aliphatic hydroxyl groups is 1. The molecule has 0 aromatic rings. The number of carbonyl (C=O) groups excluding carboxylic acids is 2. The number of fused-ring (bicyclic) bond motifs is 7. The number of amides is 1. The molecule has 1 amide bonds. The van der Waals surface area contributed by atoms with Crippen molar-refractivity contribution in [1.82, 2.24) is 5.32 Å². The van der Waals surface area contributed by atoms with Gasteiger partial charge in [-0.2, -0.15) is 0 Å². The molecule has 0 radical (unpaired) electrons. The Hall–Kier alpha value is -2.90. The molecule has 0 unspecified atom stereocenters. The maximum absolute atomic E-state index is 13.6. The van der Waals surface area contributed by atoms with Gasteiger partial charge in [0, 0.05) is 22.9 Å². The van der Waals surface area contributed by atoms with E-state index in [1.54, 1.807) is 6.08 Å². The third-order valence-electron chi connectivity index (χ3n) is 12.5. The van der Waals surface area contributed by atoms with Gasteiger partial charge in [-0.1, -0.05) is 52.3 Å². The Morgan fingerprint density at radius 2 is 1.78 bits per heavy atom. The first-order chi connectivity index (χ1) is 19.1. The van der Waals surface area contributed by atoms with Crippen LogP contribution in [0.15, 0.2) is 46.3 Å². The van der Waals surface area contributed by atoms with Gasteiger partial charge in [0.1, 0.15) is 0 Å². The Morgan fingerprint density at radius 3 is 2.49 bits per heavy atom. The lowest BCUT2D eigenvalue weighted by molar-refractivity contribution is -0.757. The molecule has 2 N–H and O–H groups in total. The van der Waals surface area contributed by atoms with Gasteiger partial charge in [-0.05, 0) is 104 Å². The third kappa shape index (κ3) is 4.38. The summed E-state index contributed by atoms with van der Waals surface area (Å²) in [4.78, 5) is 41.0. The van der Waals surface area contributed by atoms with Crippen LogP contribution in [0.4, 0.5) is 0 Å². The van der Waals surface area contributed by atoms with E-state index in [9.17, 15) is 24.8 Å². The molecule has 224 valence electrons. The molecule has 5 aliphatic rings. The van der Waals surface area contributed by atoms with E-state index in [1.165, 1.54) is 5.57 Å². The van der Waals surface area contributed by atoms with Crippen molar-refractivity contribution in [3.05, 3.63) is 56.4 Å². The van der Waals surface area contributed by atoms with E-state index >= 15 is 0 Å². The molecule has 8 heteroatoms. The number of ketones is 1. The van der Waals surface area contributed by atoms with Crippen molar-refractivity contribution in [2.24, 2.45) is 33.0 Å². The first-order valence-electron chi connectivity index (χ1n) is 15.3.